The molecule has 0 aliphatic carbocycles. The van der Waals surface area contributed by atoms with Gasteiger partial charge in [-0.15, -0.1) is 0 Å². The Labute approximate surface area is 146 Å². The van der Waals surface area contributed by atoms with Crippen molar-refractivity contribution >= 4 is 17.6 Å². The van der Waals surface area contributed by atoms with Crippen LogP contribution in [0.3, 0.4) is 0 Å². The number of amides is 2. The summed E-state index contributed by atoms with van der Waals surface area (Å²) < 4.78 is 10.0. The van der Waals surface area contributed by atoms with Crippen LogP contribution >= 0.6 is 0 Å². The van der Waals surface area contributed by atoms with E-state index in [0.717, 1.165) is 12.8 Å². The van der Waals surface area contributed by atoms with E-state index in [-0.39, 0.29) is 18.4 Å². The van der Waals surface area contributed by atoms with E-state index in [1.807, 2.05) is 6.92 Å². The average Bonchev–Trinajstić information content (AvgIpc) is 3.02. The summed E-state index contributed by atoms with van der Waals surface area (Å²) in [6.07, 6.45) is 1.74. The molecular formula is C18H23N3O4. The van der Waals surface area contributed by atoms with Crippen LogP contribution < -0.4 is 10.1 Å². The third-order valence-corrected chi connectivity index (χ3v) is 3.64. The minimum Gasteiger partial charge on any atom is -0.497 e. The van der Waals surface area contributed by atoms with Gasteiger partial charge in [0, 0.05) is 18.2 Å². The first-order chi connectivity index (χ1) is 12.0. The number of nitrogens with one attached hydrogen (secondary N) is 1. The molecule has 7 heteroatoms. The molecule has 0 bridgehead atoms. The molecule has 2 rings (SSSR count). The first-order valence-corrected chi connectivity index (χ1v) is 8.20. The lowest BCUT2D eigenvalue weighted by atomic mass is 10.1. The molecule has 0 spiro atoms. The number of benzene rings is 1. The second-order valence-electron chi connectivity index (χ2n) is 5.68. The average molecular weight is 345 g/mol. The lowest BCUT2D eigenvalue weighted by molar-refractivity contribution is -0.117. The number of carbonyl (C=O) groups excluding carboxylic acids is 2. The number of anilines is 1. The Morgan fingerprint density at radius 3 is 2.56 bits per heavy atom. The van der Waals surface area contributed by atoms with Crippen LogP contribution in [0.4, 0.5) is 5.82 Å². The summed E-state index contributed by atoms with van der Waals surface area (Å²) in [7, 11) is 1.57. The number of rotatable bonds is 8. The zero-order chi connectivity index (χ0) is 18.2. The Balaban J connectivity index is 2.05. The summed E-state index contributed by atoms with van der Waals surface area (Å²) in [5, 5.41) is 6.36. The fraction of sp³-hybridized carbons (Fsp3) is 0.389. The summed E-state index contributed by atoms with van der Waals surface area (Å²) in [6, 6.07) is 8.46. The molecule has 134 valence electrons. The van der Waals surface area contributed by atoms with Crippen molar-refractivity contribution < 1.29 is 18.8 Å². The molecule has 0 saturated carbocycles. The largest absolute Gasteiger partial charge is 0.497 e. The van der Waals surface area contributed by atoms with Crippen LogP contribution in [0.15, 0.2) is 34.9 Å². The first-order valence-electron chi connectivity index (χ1n) is 8.20. The molecule has 7 nitrogen and oxygen atoms in total. The van der Waals surface area contributed by atoms with Crippen molar-refractivity contribution in [3.8, 4) is 5.75 Å². The molecule has 0 aliphatic rings. The minimum atomic E-state index is -0.314. The van der Waals surface area contributed by atoms with Gasteiger partial charge < -0.3 is 19.5 Å². The standard InChI is InChI=1S/C18H23N3O4/c1-4-5-10-21(12-17(22)19-16-11-13(2)25-20-16)18(23)14-6-8-15(24-3)9-7-14/h6-9,11H,4-5,10,12H2,1-3H3,(H,19,20,22). The van der Waals surface area contributed by atoms with Crippen molar-refractivity contribution in [3.63, 3.8) is 0 Å². The number of nitrogens with zero attached hydrogens (tertiary/aromatic N) is 2. The molecular weight excluding hydrogens is 322 g/mol. The van der Waals surface area contributed by atoms with Crippen LogP contribution in [-0.4, -0.2) is 42.1 Å². The Hall–Kier alpha value is -2.83. The highest BCUT2D eigenvalue weighted by Gasteiger charge is 2.19. The molecule has 1 aromatic heterocycles. The van der Waals surface area contributed by atoms with Crippen LogP contribution in [0.25, 0.3) is 0 Å². The van der Waals surface area contributed by atoms with E-state index >= 15 is 0 Å². The zero-order valence-corrected chi connectivity index (χ0v) is 14.7. The quantitative estimate of drug-likeness (QED) is 0.795. The number of aromatic nitrogens is 1. The molecule has 0 atom stereocenters. The maximum atomic E-state index is 12.7. The fourth-order valence-electron chi connectivity index (χ4n) is 2.30. The first kappa shape index (κ1) is 18.5. The highest BCUT2D eigenvalue weighted by molar-refractivity contribution is 5.99. The normalized spacial score (nSPS) is 10.4. The lowest BCUT2D eigenvalue weighted by Gasteiger charge is -2.22. The fourth-order valence-corrected chi connectivity index (χ4v) is 2.30. The number of methoxy groups -OCH3 is 1. The summed E-state index contributed by atoms with van der Waals surface area (Å²) in [5.74, 6) is 1.12. The molecule has 25 heavy (non-hydrogen) atoms. The van der Waals surface area contributed by atoms with Crippen LogP contribution in [0.1, 0.15) is 35.9 Å². The number of ether oxygens (including phenoxy) is 1. The van der Waals surface area contributed by atoms with Crippen molar-refractivity contribution in [1.29, 1.82) is 0 Å². The molecule has 1 heterocycles. The summed E-state index contributed by atoms with van der Waals surface area (Å²) in [4.78, 5) is 26.5. The highest BCUT2D eigenvalue weighted by Crippen LogP contribution is 2.14. The Morgan fingerprint density at radius 2 is 2.00 bits per heavy atom. The monoisotopic (exact) mass is 345 g/mol. The predicted molar refractivity (Wildman–Crippen MR) is 93.7 cm³/mol. The van der Waals surface area contributed by atoms with E-state index in [1.165, 1.54) is 4.90 Å². The van der Waals surface area contributed by atoms with Crippen LogP contribution in [0.2, 0.25) is 0 Å². The number of aryl methyl sites for hydroxylation is 1. The maximum Gasteiger partial charge on any atom is 0.254 e. The van der Waals surface area contributed by atoms with Gasteiger partial charge in [-0.05, 0) is 37.6 Å². The predicted octanol–water partition coefficient (Wildman–Crippen LogP) is 2.87. The smallest absolute Gasteiger partial charge is 0.254 e. The van der Waals surface area contributed by atoms with Crippen molar-refractivity contribution in [2.45, 2.75) is 26.7 Å². The molecule has 2 amide bonds. The number of hydrogen-bond acceptors (Lipinski definition) is 5. The summed E-state index contributed by atoms with van der Waals surface area (Å²) >= 11 is 0. The molecule has 0 fully saturated rings. The second kappa shape index (κ2) is 8.86. The van der Waals surface area contributed by atoms with Crippen molar-refractivity contribution in [1.82, 2.24) is 10.1 Å². The Bertz CT molecular complexity index is 709. The molecule has 0 saturated heterocycles. The number of unbranched alkanes of at least 4 members (excludes halogenated alkanes) is 1. The van der Waals surface area contributed by atoms with Gasteiger partial charge in [0.25, 0.3) is 5.91 Å². The van der Waals surface area contributed by atoms with E-state index in [2.05, 4.69) is 10.5 Å². The van der Waals surface area contributed by atoms with Crippen molar-refractivity contribution in [2.75, 3.05) is 25.5 Å². The van der Waals surface area contributed by atoms with E-state index < -0.39 is 0 Å². The SMILES string of the molecule is CCCCN(CC(=O)Nc1cc(C)on1)C(=O)c1ccc(OC)cc1. The molecule has 0 aliphatic heterocycles. The second-order valence-corrected chi connectivity index (χ2v) is 5.68. The van der Waals surface area contributed by atoms with Crippen LogP contribution in [0, 0.1) is 6.92 Å². The maximum absolute atomic E-state index is 12.7. The van der Waals surface area contributed by atoms with Gasteiger partial charge in [0.1, 0.15) is 18.1 Å². The topological polar surface area (TPSA) is 84.7 Å². The van der Waals surface area contributed by atoms with E-state index in [1.54, 1.807) is 44.4 Å². The zero-order valence-electron chi connectivity index (χ0n) is 14.7. The van der Waals surface area contributed by atoms with E-state index in [9.17, 15) is 9.59 Å². The number of hydrogen-bond donors (Lipinski definition) is 1. The minimum absolute atomic E-state index is 0.0449. The molecule has 0 unspecified atom stereocenters. The van der Waals surface area contributed by atoms with Gasteiger partial charge in [-0.3, -0.25) is 9.59 Å². The molecule has 1 N–H and O–H groups in total. The van der Waals surface area contributed by atoms with Gasteiger partial charge in [-0.25, -0.2) is 0 Å². The summed E-state index contributed by atoms with van der Waals surface area (Å²) in [5.41, 5.74) is 0.516. The summed E-state index contributed by atoms with van der Waals surface area (Å²) in [6.45, 7) is 4.24. The number of carbonyl (C=O) groups is 2. The third-order valence-electron chi connectivity index (χ3n) is 3.64. The molecule has 2 aromatic rings. The third kappa shape index (κ3) is 5.34. The van der Waals surface area contributed by atoms with Gasteiger partial charge in [-0.1, -0.05) is 18.5 Å². The van der Waals surface area contributed by atoms with Crippen LogP contribution in [-0.2, 0) is 4.79 Å². The van der Waals surface area contributed by atoms with Crippen molar-refractivity contribution in [3.05, 3.63) is 41.7 Å². The lowest BCUT2D eigenvalue weighted by Crippen LogP contribution is -2.38. The van der Waals surface area contributed by atoms with Gasteiger partial charge in [0.05, 0.1) is 7.11 Å². The van der Waals surface area contributed by atoms with Crippen LogP contribution in [0.5, 0.6) is 5.75 Å². The molecule has 1 aromatic carbocycles. The Morgan fingerprint density at radius 1 is 1.28 bits per heavy atom. The Kier molecular flexibility index (Phi) is 6.56. The van der Waals surface area contributed by atoms with E-state index in [0.29, 0.717) is 29.4 Å². The van der Waals surface area contributed by atoms with E-state index in [4.69, 9.17) is 9.26 Å². The molecule has 0 radical (unpaired) electrons. The van der Waals surface area contributed by atoms with Crippen molar-refractivity contribution in [2.24, 2.45) is 0 Å². The van der Waals surface area contributed by atoms with Gasteiger partial charge in [0.2, 0.25) is 5.91 Å². The van der Waals surface area contributed by atoms with Gasteiger partial charge >= 0.3 is 0 Å². The van der Waals surface area contributed by atoms with Gasteiger partial charge in [0.15, 0.2) is 5.82 Å². The highest BCUT2D eigenvalue weighted by atomic mass is 16.5. The van der Waals surface area contributed by atoms with Gasteiger partial charge in [-0.2, -0.15) is 0 Å².